The number of aromatic amines is 1. The van der Waals surface area contributed by atoms with Crippen LogP contribution in [0.15, 0.2) is 42.6 Å². The van der Waals surface area contributed by atoms with Crippen molar-refractivity contribution < 1.29 is 24.2 Å². The molecule has 4 aliphatic rings. The third-order valence-corrected chi connectivity index (χ3v) is 10.1. The summed E-state index contributed by atoms with van der Waals surface area (Å²) in [5, 5.41) is 15.3. The lowest BCUT2D eigenvalue weighted by Crippen LogP contribution is -2.59. The number of ether oxygens (including phenoxy) is 2. The van der Waals surface area contributed by atoms with Gasteiger partial charge >= 0.3 is 0 Å². The fourth-order valence-corrected chi connectivity index (χ4v) is 7.91. The number of aliphatic hydroxyl groups excluding tert-OH is 1. The number of amides is 1. The number of hydrogen-bond acceptors (Lipinski definition) is 5. The average Bonchev–Trinajstić information content (AvgIpc) is 3.28. The molecule has 0 unspecified atom stereocenters. The lowest BCUT2D eigenvalue weighted by atomic mass is 9.51. The number of methoxy groups -OCH3 is 1. The number of rotatable bonds is 3. The maximum Gasteiger partial charge on any atom is 0.235 e. The van der Waals surface area contributed by atoms with Crippen molar-refractivity contribution in [3.8, 4) is 0 Å². The zero-order valence-electron chi connectivity index (χ0n) is 22.1. The first-order valence-electron chi connectivity index (χ1n) is 13.7. The number of para-hydroxylation sites is 1. The molecule has 6 rings (SSSR count). The van der Waals surface area contributed by atoms with E-state index >= 15 is 0 Å². The minimum Gasteiger partial charge on any atom is -0.390 e. The Hall–Kier alpha value is -2.48. The second-order valence-electron chi connectivity index (χ2n) is 12.0. The molecule has 2 saturated heterocycles. The van der Waals surface area contributed by atoms with Crippen molar-refractivity contribution in [3.63, 3.8) is 0 Å². The third-order valence-electron chi connectivity index (χ3n) is 10.1. The molecule has 0 radical (unpaired) electrons. The molecule has 3 heterocycles. The van der Waals surface area contributed by atoms with Crippen molar-refractivity contribution >= 4 is 22.6 Å². The highest BCUT2D eigenvalue weighted by molar-refractivity contribution is 6.09. The van der Waals surface area contributed by atoms with Crippen LogP contribution in [0.25, 0.3) is 10.9 Å². The predicted octanol–water partition coefficient (Wildman–Crippen LogP) is 3.56. The van der Waals surface area contributed by atoms with E-state index in [9.17, 15) is 14.7 Å². The topological polar surface area (TPSA) is 104 Å². The molecule has 2 aliphatic heterocycles. The van der Waals surface area contributed by atoms with Crippen LogP contribution in [-0.2, 0) is 25.5 Å². The smallest absolute Gasteiger partial charge is 0.235 e. The molecule has 37 heavy (non-hydrogen) atoms. The first-order valence-corrected chi connectivity index (χ1v) is 13.7. The number of aliphatic hydroxyl groups is 1. The van der Waals surface area contributed by atoms with Crippen LogP contribution < -0.4 is 5.32 Å². The molecular formula is C30H38N2O5. The molecular weight excluding hydrogens is 468 g/mol. The Morgan fingerprint density at radius 2 is 2.00 bits per heavy atom. The molecule has 7 nitrogen and oxygen atoms in total. The molecule has 1 spiro atoms. The largest absolute Gasteiger partial charge is 0.390 e. The fourth-order valence-electron chi connectivity index (χ4n) is 7.91. The van der Waals surface area contributed by atoms with Crippen LogP contribution in [0, 0.1) is 29.1 Å². The Kier molecular flexibility index (Phi) is 5.90. The zero-order chi connectivity index (χ0) is 26.1. The van der Waals surface area contributed by atoms with E-state index < -0.39 is 17.6 Å². The van der Waals surface area contributed by atoms with Gasteiger partial charge in [-0.05, 0) is 49.7 Å². The number of carbonyl (C=O) groups is 2. The third kappa shape index (κ3) is 3.57. The number of hydrogen-bond donors (Lipinski definition) is 3. The predicted molar refractivity (Wildman–Crippen MR) is 140 cm³/mol. The number of Topliss-reactive ketones (excluding diaryl/α,β-unsaturated/α-hetero) is 1. The van der Waals surface area contributed by atoms with E-state index in [1.54, 1.807) is 0 Å². The van der Waals surface area contributed by atoms with E-state index in [2.05, 4.69) is 49.3 Å². The van der Waals surface area contributed by atoms with Crippen molar-refractivity contribution in [3.05, 3.63) is 48.2 Å². The molecule has 0 bridgehead atoms. The summed E-state index contributed by atoms with van der Waals surface area (Å²) in [6.07, 6.45) is 6.54. The van der Waals surface area contributed by atoms with Crippen LogP contribution in [0.4, 0.5) is 0 Å². The summed E-state index contributed by atoms with van der Waals surface area (Å²) in [6.45, 7) is 6.36. The second kappa shape index (κ2) is 8.79. The minimum absolute atomic E-state index is 0.00442. The van der Waals surface area contributed by atoms with Crippen LogP contribution in [0.1, 0.15) is 45.6 Å². The molecule has 2 aromatic rings. The highest BCUT2D eigenvalue weighted by Crippen LogP contribution is 2.66. The number of H-pyrrole nitrogens is 1. The Morgan fingerprint density at radius 1 is 1.22 bits per heavy atom. The number of epoxide rings is 1. The first-order chi connectivity index (χ1) is 17.7. The number of ketones is 1. The van der Waals surface area contributed by atoms with E-state index in [0.29, 0.717) is 12.8 Å². The molecule has 1 saturated carbocycles. The molecule has 1 aromatic heterocycles. The molecule has 10 atom stereocenters. The van der Waals surface area contributed by atoms with E-state index in [-0.39, 0.29) is 59.5 Å². The maximum absolute atomic E-state index is 14.4. The van der Waals surface area contributed by atoms with Gasteiger partial charge in [-0.15, -0.1) is 0 Å². The number of fused-ring (bicyclic) bond motifs is 3. The van der Waals surface area contributed by atoms with Crippen molar-refractivity contribution in [1.82, 2.24) is 10.3 Å². The zero-order valence-corrected chi connectivity index (χ0v) is 22.1. The van der Waals surface area contributed by atoms with Crippen LogP contribution in [0.3, 0.4) is 0 Å². The van der Waals surface area contributed by atoms with Crippen LogP contribution in [0.5, 0.6) is 0 Å². The van der Waals surface area contributed by atoms with Gasteiger partial charge in [0.25, 0.3) is 0 Å². The fraction of sp³-hybridized carbons (Fsp3) is 0.600. The Bertz CT molecular complexity index is 1250. The molecule has 3 fully saturated rings. The summed E-state index contributed by atoms with van der Waals surface area (Å²) in [7, 11) is 1.54. The summed E-state index contributed by atoms with van der Waals surface area (Å²) < 4.78 is 12.0. The number of carbonyl (C=O) groups excluding carboxylic acids is 2. The molecule has 1 aromatic carbocycles. The van der Waals surface area contributed by atoms with Gasteiger partial charge in [-0.25, -0.2) is 0 Å². The monoisotopic (exact) mass is 506 g/mol. The lowest BCUT2D eigenvalue weighted by molar-refractivity contribution is -0.151. The molecule has 3 N–H and O–H groups in total. The van der Waals surface area contributed by atoms with Crippen LogP contribution in [-0.4, -0.2) is 58.8 Å². The molecule has 7 heteroatoms. The van der Waals surface area contributed by atoms with Gasteiger partial charge in [-0.3, -0.25) is 9.59 Å². The van der Waals surface area contributed by atoms with Gasteiger partial charge in [0.05, 0.1) is 23.9 Å². The van der Waals surface area contributed by atoms with Gasteiger partial charge < -0.3 is 24.9 Å². The second-order valence-corrected chi connectivity index (χ2v) is 12.0. The maximum atomic E-state index is 14.4. The van der Waals surface area contributed by atoms with Gasteiger partial charge in [0, 0.05) is 48.5 Å². The van der Waals surface area contributed by atoms with E-state index in [1.165, 1.54) is 7.11 Å². The molecule has 2 aliphatic carbocycles. The van der Waals surface area contributed by atoms with E-state index in [1.807, 2.05) is 24.4 Å². The Labute approximate surface area is 218 Å². The molecule has 1 amide bonds. The van der Waals surface area contributed by atoms with Crippen molar-refractivity contribution in [2.45, 2.75) is 76.4 Å². The summed E-state index contributed by atoms with van der Waals surface area (Å²) >= 11 is 0. The van der Waals surface area contributed by atoms with Gasteiger partial charge in [-0.2, -0.15) is 0 Å². The van der Waals surface area contributed by atoms with Gasteiger partial charge in [-0.1, -0.05) is 44.2 Å². The van der Waals surface area contributed by atoms with Crippen LogP contribution >= 0.6 is 0 Å². The highest BCUT2D eigenvalue weighted by atomic mass is 16.6. The Morgan fingerprint density at radius 3 is 2.78 bits per heavy atom. The average molecular weight is 507 g/mol. The Balaban J connectivity index is 1.46. The van der Waals surface area contributed by atoms with Gasteiger partial charge in [0.15, 0.2) is 5.78 Å². The summed E-state index contributed by atoms with van der Waals surface area (Å²) in [6, 6.07) is 7.95. The lowest BCUT2D eigenvalue weighted by Gasteiger charge is -2.46. The SMILES string of the molecule is CO[C@H]1CC(=O)[C@@]23C(=O)N[C@H](Cc4c[nH]c5ccccc45)[C@@H]2[C@@H](C)[C@]2(C)O[C@@H]2[C@H]3/C=C/C[C@@H](C)C[C@H]1O. The highest BCUT2D eigenvalue weighted by Gasteiger charge is 2.78. The summed E-state index contributed by atoms with van der Waals surface area (Å²) in [4.78, 5) is 31.9. The quantitative estimate of drug-likeness (QED) is 0.336. The van der Waals surface area contributed by atoms with E-state index in [0.717, 1.165) is 22.9 Å². The summed E-state index contributed by atoms with van der Waals surface area (Å²) in [5.41, 5.74) is 0.561. The van der Waals surface area contributed by atoms with Gasteiger partial charge in [0.1, 0.15) is 5.41 Å². The number of aromatic nitrogens is 1. The van der Waals surface area contributed by atoms with Crippen molar-refractivity contribution in [2.24, 2.45) is 29.1 Å². The standard InChI is InChI=1S/C30H38N2O5/c1-16-8-7-10-20-27-29(3,37-27)17(2)26-22(13-18-15-31-21-11-6-5-9-19(18)21)32-28(35)30(20,26)25(34)14-24(36-4)23(33)12-16/h5-7,9-11,15-17,20,22-24,26-27,31,33H,8,12-14H2,1-4H3,(H,32,35)/b10-7+/t16-,17-,20-,22-,23-,24+,26+,27-,29+,30-/m1/s1. The normalized spacial score (nSPS) is 44.4. The summed E-state index contributed by atoms with van der Waals surface area (Å²) in [5.74, 6) is -0.717. The number of benzene rings is 1. The first kappa shape index (κ1) is 24.8. The minimum atomic E-state index is -1.25. The van der Waals surface area contributed by atoms with E-state index in [4.69, 9.17) is 9.47 Å². The number of nitrogens with one attached hydrogen (secondary N) is 2. The number of allylic oxidation sites excluding steroid dienone is 1. The molecule has 198 valence electrons. The van der Waals surface area contributed by atoms with Gasteiger partial charge in [0.2, 0.25) is 5.91 Å². The van der Waals surface area contributed by atoms with Crippen LogP contribution in [0.2, 0.25) is 0 Å². The van der Waals surface area contributed by atoms with Crippen molar-refractivity contribution in [2.75, 3.05) is 7.11 Å². The van der Waals surface area contributed by atoms with Crippen molar-refractivity contribution in [1.29, 1.82) is 0 Å².